The van der Waals surface area contributed by atoms with Crippen LogP contribution in [0.25, 0.3) is 0 Å². The van der Waals surface area contributed by atoms with Crippen molar-refractivity contribution < 1.29 is 9.59 Å². The fourth-order valence-corrected chi connectivity index (χ4v) is 4.61. The lowest BCUT2D eigenvalue weighted by molar-refractivity contribution is -0.138. The van der Waals surface area contributed by atoms with Crippen LogP contribution in [0.3, 0.4) is 0 Å². The molecule has 152 valence electrons. The number of likely N-dealkylation sites (tertiary alicyclic amines) is 2. The van der Waals surface area contributed by atoms with Gasteiger partial charge in [0, 0.05) is 50.0 Å². The average Bonchev–Trinajstić information content (AvgIpc) is 3.51. The highest BCUT2D eigenvalue weighted by Crippen LogP contribution is 2.46. The third-order valence-corrected chi connectivity index (χ3v) is 6.80. The van der Waals surface area contributed by atoms with Crippen molar-refractivity contribution in [2.75, 3.05) is 26.2 Å². The zero-order valence-corrected chi connectivity index (χ0v) is 16.9. The summed E-state index contributed by atoms with van der Waals surface area (Å²) in [6, 6.07) is 4.38. The van der Waals surface area contributed by atoms with Crippen LogP contribution in [0.15, 0.2) is 24.5 Å². The Bertz CT molecular complexity index is 696. The molecule has 0 aromatic carbocycles. The third-order valence-electron chi connectivity index (χ3n) is 6.80. The molecule has 3 fully saturated rings. The molecule has 0 radical (unpaired) electrons. The highest BCUT2D eigenvalue weighted by Gasteiger charge is 2.47. The molecule has 28 heavy (non-hydrogen) atoms. The number of rotatable bonds is 5. The van der Waals surface area contributed by atoms with Crippen LogP contribution in [0.2, 0.25) is 0 Å². The van der Waals surface area contributed by atoms with Gasteiger partial charge in [0.2, 0.25) is 11.8 Å². The molecule has 6 nitrogen and oxygen atoms in total. The van der Waals surface area contributed by atoms with Crippen LogP contribution in [0, 0.1) is 11.3 Å². The molecule has 0 bridgehead atoms. The number of carbonyl (C=O) groups excluding carboxylic acids is 2. The van der Waals surface area contributed by atoms with Crippen LogP contribution >= 0.6 is 0 Å². The Labute approximate surface area is 167 Å². The fourth-order valence-electron chi connectivity index (χ4n) is 4.61. The minimum atomic E-state index is -0.0601. The van der Waals surface area contributed by atoms with Crippen molar-refractivity contribution in [3.63, 3.8) is 0 Å². The number of piperidine rings is 2. The van der Waals surface area contributed by atoms with E-state index in [9.17, 15) is 9.59 Å². The zero-order chi connectivity index (χ0) is 19.6. The molecule has 1 saturated carbocycles. The predicted octanol–water partition coefficient (Wildman–Crippen LogP) is 2.20. The van der Waals surface area contributed by atoms with Gasteiger partial charge in [-0.3, -0.25) is 19.5 Å². The van der Waals surface area contributed by atoms with Crippen LogP contribution in [0.4, 0.5) is 0 Å². The Kier molecular flexibility index (Phi) is 5.67. The first-order chi connectivity index (χ1) is 13.5. The zero-order valence-electron chi connectivity index (χ0n) is 16.9. The Hall–Kier alpha value is -1.95. The summed E-state index contributed by atoms with van der Waals surface area (Å²) in [5, 5.41) is 3.08. The van der Waals surface area contributed by atoms with Crippen LogP contribution in [-0.4, -0.2) is 58.8 Å². The molecule has 2 saturated heterocycles. The van der Waals surface area contributed by atoms with Gasteiger partial charge in [-0.05, 0) is 56.7 Å². The van der Waals surface area contributed by atoms with Gasteiger partial charge in [0.1, 0.15) is 0 Å². The molecule has 0 spiro atoms. The topological polar surface area (TPSA) is 65.5 Å². The maximum absolute atomic E-state index is 12.6. The molecule has 1 N–H and O–H groups in total. The van der Waals surface area contributed by atoms with Gasteiger partial charge >= 0.3 is 0 Å². The summed E-state index contributed by atoms with van der Waals surface area (Å²) in [4.78, 5) is 33.9. The van der Waals surface area contributed by atoms with E-state index in [1.165, 1.54) is 0 Å². The van der Waals surface area contributed by atoms with E-state index >= 15 is 0 Å². The van der Waals surface area contributed by atoms with Gasteiger partial charge in [-0.1, -0.05) is 13.0 Å². The quantitative estimate of drug-likeness (QED) is 0.845. The Balaban J connectivity index is 1.25. The molecule has 1 atom stereocenters. The number of aromatic nitrogens is 1. The van der Waals surface area contributed by atoms with Crippen molar-refractivity contribution in [1.29, 1.82) is 0 Å². The van der Waals surface area contributed by atoms with Crippen LogP contribution in [0.1, 0.15) is 51.0 Å². The molecule has 2 amide bonds. The average molecular weight is 385 g/mol. The number of hydrogen-bond acceptors (Lipinski definition) is 4. The van der Waals surface area contributed by atoms with Gasteiger partial charge < -0.3 is 10.2 Å². The summed E-state index contributed by atoms with van der Waals surface area (Å²) in [5.74, 6) is 0.579. The summed E-state index contributed by atoms with van der Waals surface area (Å²) >= 11 is 0. The van der Waals surface area contributed by atoms with E-state index in [2.05, 4.69) is 27.0 Å². The van der Waals surface area contributed by atoms with Crippen LogP contribution in [0.5, 0.6) is 0 Å². The van der Waals surface area contributed by atoms with Gasteiger partial charge in [0.15, 0.2) is 0 Å². The molecule has 3 aliphatic rings. The normalized spacial score (nSPS) is 25.3. The SMILES string of the molecule is CC1(C(=O)N2CCC(N3CCC[C@@H](C(=O)NCc4cccnc4)C3)CC2)CC1. The standard InChI is InChI=1S/C22H32N4O2/c1-22(8-9-22)21(28)25-12-6-19(7-13-25)26-11-3-5-18(16-26)20(27)24-15-17-4-2-10-23-14-17/h2,4,10,14,18-19H,3,5-9,11-13,15-16H2,1H3,(H,24,27)/t18-/m1/s1. The minimum Gasteiger partial charge on any atom is -0.352 e. The summed E-state index contributed by atoms with van der Waals surface area (Å²) < 4.78 is 0. The van der Waals surface area contributed by atoms with Crippen molar-refractivity contribution in [2.24, 2.45) is 11.3 Å². The molecule has 4 rings (SSSR count). The Morgan fingerprint density at radius 3 is 2.68 bits per heavy atom. The molecule has 6 heteroatoms. The number of carbonyl (C=O) groups is 2. The van der Waals surface area contributed by atoms with Gasteiger partial charge in [0.25, 0.3) is 0 Å². The van der Waals surface area contributed by atoms with Gasteiger partial charge in [-0.2, -0.15) is 0 Å². The number of nitrogens with zero attached hydrogens (tertiary/aromatic N) is 3. The van der Waals surface area contributed by atoms with E-state index in [1.54, 1.807) is 12.4 Å². The molecule has 3 heterocycles. The van der Waals surface area contributed by atoms with E-state index in [0.717, 1.165) is 70.3 Å². The van der Waals surface area contributed by atoms with Gasteiger partial charge in [-0.25, -0.2) is 0 Å². The second kappa shape index (κ2) is 8.19. The molecule has 1 aromatic rings. The summed E-state index contributed by atoms with van der Waals surface area (Å²) in [7, 11) is 0. The lowest BCUT2D eigenvalue weighted by atomic mass is 9.93. The Morgan fingerprint density at radius 2 is 2.00 bits per heavy atom. The smallest absolute Gasteiger partial charge is 0.228 e. The van der Waals surface area contributed by atoms with Crippen LogP contribution < -0.4 is 5.32 Å². The highest BCUT2D eigenvalue weighted by atomic mass is 16.2. The predicted molar refractivity (Wildman–Crippen MR) is 107 cm³/mol. The first-order valence-electron chi connectivity index (χ1n) is 10.8. The second-order valence-corrected chi connectivity index (χ2v) is 9.00. The minimum absolute atomic E-state index is 0.0601. The van der Waals surface area contributed by atoms with Crippen molar-refractivity contribution in [3.05, 3.63) is 30.1 Å². The number of amides is 2. The lowest BCUT2D eigenvalue weighted by Gasteiger charge is -2.42. The molecule has 1 aliphatic carbocycles. The van der Waals surface area contributed by atoms with Gasteiger partial charge in [-0.15, -0.1) is 0 Å². The second-order valence-electron chi connectivity index (χ2n) is 9.00. The van der Waals surface area contributed by atoms with E-state index in [-0.39, 0.29) is 17.2 Å². The van der Waals surface area contributed by atoms with E-state index in [1.807, 2.05) is 12.1 Å². The van der Waals surface area contributed by atoms with Crippen molar-refractivity contribution in [2.45, 2.75) is 58.0 Å². The van der Waals surface area contributed by atoms with E-state index in [4.69, 9.17) is 0 Å². The van der Waals surface area contributed by atoms with Gasteiger partial charge in [0.05, 0.1) is 5.92 Å². The molecular formula is C22H32N4O2. The lowest BCUT2D eigenvalue weighted by Crippen LogP contribution is -2.52. The van der Waals surface area contributed by atoms with Crippen molar-refractivity contribution in [1.82, 2.24) is 20.1 Å². The van der Waals surface area contributed by atoms with Crippen molar-refractivity contribution in [3.8, 4) is 0 Å². The molecule has 2 aliphatic heterocycles. The maximum Gasteiger partial charge on any atom is 0.228 e. The van der Waals surface area contributed by atoms with E-state index in [0.29, 0.717) is 18.5 Å². The molecule has 0 unspecified atom stereocenters. The highest BCUT2D eigenvalue weighted by molar-refractivity contribution is 5.85. The number of hydrogen-bond donors (Lipinski definition) is 1. The monoisotopic (exact) mass is 384 g/mol. The first kappa shape index (κ1) is 19.4. The van der Waals surface area contributed by atoms with Crippen LogP contribution in [-0.2, 0) is 16.1 Å². The first-order valence-corrected chi connectivity index (χ1v) is 10.8. The summed E-state index contributed by atoms with van der Waals surface area (Å²) in [6.45, 7) is 6.29. The largest absolute Gasteiger partial charge is 0.352 e. The third kappa shape index (κ3) is 4.37. The van der Waals surface area contributed by atoms with Crippen molar-refractivity contribution >= 4 is 11.8 Å². The Morgan fingerprint density at radius 1 is 1.21 bits per heavy atom. The number of nitrogens with one attached hydrogen (secondary N) is 1. The number of pyridine rings is 1. The summed E-state index contributed by atoms with van der Waals surface area (Å²) in [6.07, 6.45) is 9.74. The fraction of sp³-hybridized carbons (Fsp3) is 0.682. The molecular weight excluding hydrogens is 352 g/mol. The summed E-state index contributed by atoms with van der Waals surface area (Å²) in [5.41, 5.74) is 0.972. The molecule has 1 aromatic heterocycles. The van der Waals surface area contributed by atoms with E-state index < -0.39 is 0 Å². The maximum atomic E-state index is 12.6.